The lowest BCUT2D eigenvalue weighted by atomic mass is 9.92. The molecule has 310 valence electrons. The number of allylic oxidation sites excluding steroid dienone is 4. The van der Waals surface area contributed by atoms with Gasteiger partial charge in [0.15, 0.2) is 0 Å². The number of rotatable bonds is 17. The zero-order valence-electron chi connectivity index (χ0n) is 39.3. The molecule has 0 rings (SSSR count). The first-order valence-electron chi connectivity index (χ1n) is 21.0. The second kappa shape index (κ2) is 32.5. The van der Waals surface area contributed by atoms with Crippen LogP contribution in [0.15, 0.2) is 36.5 Å². The largest absolute Gasteiger partial charge is 0.390 e. The Kier molecular flexibility index (Phi) is 37.9. The molecule has 51 heavy (non-hydrogen) atoms. The standard InChI is InChI=1S/2C10H20O.C10H20.C9H20O.C9H20/c2*1-8(2)6-7-9(3)10(4,5)11;1-8(2)6-7-10(5)9(3)4;1-8(2)6-5-7-9(3,4)10;1-8(2)6-5-7-9(3)4/h2*6-9,11H,1-5H3;6-10H,1-5H3;8,10H,5-7H2,1-4H3;8-9H,5-7H2,1-4H3/b3*7-6+;;/t2*9-;10-;;/m100../s1. The lowest BCUT2D eigenvalue weighted by Gasteiger charge is -2.22. The molecule has 0 saturated carbocycles. The summed E-state index contributed by atoms with van der Waals surface area (Å²) in [6.45, 7) is 48.5. The Morgan fingerprint density at radius 1 is 0.392 bits per heavy atom. The first kappa shape index (κ1) is 59.4. The molecule has 0 spiro atoms. The van der Waals surface area contributed by atoms with Crippen LogP contribution in [0, 0.1) is 59.2 Å². The van der Waals surface area contributed by atoms with Crippen LogP contribution in [0.3, 0.4) is 0 Å². The van der Waals surface area contributed by atoms with E-state index in [2.05, 4.69) is 140 Å². The van der Waals surface area contributed by atoms with Crippen molar-refractivity contribution in [2.24, 2.45) is 59.2 Å². The van der Waals surface area contributed by atoms with Gasteiger partial charge in [-0.2, -0.15) is 0 Å². The van der Waals surface area contributed by atoms with Crippen molar-refractivity contribution in [3.8, 4) is 0 Å². The molecular weight excluding hydrogens is 625 g/mol. The van der Waals surface area contributed by atoms with Gasteiger partial charge in [-0.15, -0.1) is 0 Å². The minimum atomic E-state index is -0.592. The minimum Gasteiger partial charge on any atom is -0.390 e. The molecule has 0 aliphatic heterocycles. The van der Waals surface area contributed by atoms with E-state index in [-0.39, 0.29) is 11.8 Å². The van der Waals surface area contributed by atoms with E-state index >= 15 is 0 Å². The maximum absolute atomic E-state index is 9.55. The van der Waals surface area contributed by atoms with Gasteiger partial charge < -0.3 is 15.3 Å². The first-order valence-corrected chi connectivity index (χ1v) is 21.0. The molecule has 0 aliphatic rings. The second-order valence-corrected chi connectivity index (χ2v) is 19.7. The van der Waals surface area contributed by atoms with Crippen LogP contribution in [0.4, 0.5) is 0 Å². The van der Waals surface area contributed by atoms with Crippen LogP contribution in [0.2, 0.25) is 0 Å². The van der Waals surface area contributed by atoms with Gasteiger partial charge >= 0.3 is 0 Å². The Morgan fingerprint density at radius 2 is 0.667 bits per heavy atom. The second-order valence-electron chi connectivity index (χ2n) is 19.7. The summed E-state index contributed by atoms with van der Waals surface area (Å²) in [6, 6.07) is 0. The Bertz CT molecular complexity index is 763. The predicted molar refractivity (Wildman–Crippen MR) is 235 cm³/mol. The van der Waals surface area contributed by atoms with Crippen molar-refractivity contribution in [1.29, 1.82) is 0 Å². The molecule has 0 amide bonds. The molecule has 0 aliphatic carbocycles. The van der Waals surface area contributed by atoms with Crippen molar-refractivity contribution in [2.45, 2.75) is 215 Å². The molecule has 0 aromatic rings. The Morgan fingerprint density at radius 3 is 0.882 bits per heavy atom. The molecule has 0 unspecified atom stereocenters. The molecule has 3 nitrogen and oxygen atoms in total. The highest BCUT2D eigenvalue weighted by atomic mass is 16.3. The van der Waals surface area contributed by atoms with E-state index in [4.69, 9.17) is 0 Å². The van der Waals surface area contributed by atoms with Crippen molar-refractivity contribution < 1.29 is 15.3 Å². The van der Waals surface area contributed by atoms with Gasteiger partial charge in [0, 0.05) is 11.8 Å². The van der Waals surface area contributed by atoms with E-state index in [9.17, 15) is 15.3 Å². The van der Waals surface area contributed by atoms with Gasteiger partial charge in [0.05, 0.1) is 16.8 Å². The van der Waals surface area contributed by atoms with Gasteiger partial charge in [-0.3, -0.25) is 0 Å². The third kappa shape index (κ3) is 58.6. The Hall–Kier alpha value is -0.900. The van der Waals surface area contributed by atoms with E-state index in [0.29, 0.717) is 17.8 Å². The fraction of sp³-hybridized carbons (Fsp3) is 0.875. The topological polar surface area (TPSA) is 60.7 Å². The van der Waals surface area contributed by atoms with E-state index < -0.39 is 16.8 Å². The van der Waals surface area contributed by atoms with Crippen LogP contribution in [0.5, 0.6) is 0 Å². The van der Waals surface area contributed by atoms with E-state index in [0.717, 1.165) is 42.4 Å². The zero-order valence-corrected chi connectivity index (χ0v) is 39.3. The highest BCUT2D eigenvalue weighted by Crippen LogP contribution is 2.19. The number of hydrogen-bond acceptors (Lipinski definition) is 3. The molecule has 0 heterocycles. The van der Waals surface area contributed by atoms with Gasteiger partial charge in [-0.05, 0) is 95.3 Å². The van der Waals surface area contributed by atoms with Crippen molar-refractivity contribution in [3.05, 3.63) is 36.5 Å². The highest BCUT2D eigenvalue weighted by Gasteiger charge is 2.20. The molecular formula is C48H100O3. The van der Waals surface area contributed by atoms with Crippen LogP contribution in [-0.4, -0.2) is 32.1 Å². The molecule has 0 saturated heterocycles. The van der Waals surface area contributed by atoms with Crippen LogP contribution >= 0.6 is 0 Å². The smallest absolute Gasteiger partial charge is 0.0651 e. The van der Waals surface area contributed by atoms with Crippen molar-refractivity contribution in [3.63, 3.8) is 0 Å². The fourth-order valence-corrected chi connectivity index (χ4v) is 3.75. The molecule has 0 fully saturated rings. The zero-order chi connectivity index (χ0) is 41.8. The maximum atomic E-state index is 9.55. The van der Waals surface area contributed by atoms with Crippen LogP contribution < -0.4 is 0 Å². The first-order chi connectivity index (χ1) is 22.8. The summed E-state index contributed by atoms with van der Waals surface area (Å²) in [7, 11) is 0. The molecule has 0 bridgehead atoms. The average molecular weight is 725 g/mol. The lowest BCUT2D eigenvalue weighted by molar-refractivity contribution is 0.0434. The normalized spacial score (nSPS) is 14.5. The van der Waals surface area contributed by atoms with Gasteiger partial charge in [0.2, 0.25) is 0 Å². The van der Waals surface area contributed by atoms with Crippen molar-refractivity contribution in [1.82, 2.24) is 0 Å². The molecule has 0 radical (unpaired) electrons. The average Bonchev–Trinajstić information content (AvgIpc) is 2.92. The van der Waals surface area contributed by atoms with Crippen LogP contribution in [0.1, 0.15) is 198 Å². The van der Waals surface area contributed by atoms with Gasteiger partial charge in [0.1, 0.15) is 0 Å². The summed E-state index contributed by atoms with van der Waals surface area (Å²) in [4.78, 5) is 0. The third-order valence-corrected chi connectivity index (χ3v) is 8.78. The van der Waals surface area contributed by atoms with Gasteiger partial charge in [-0.25, -0.2) is 0 Å². The summed E-state index contributed by atoms with van der Waals surface area (Å²) in [5.41, 5.74) is -1.65. The number of aliphatic hydroxyl groups is 3. The Balaban J connectivity index is -0.000000173. The van der Waals surface area contributed by atoms with Crippen LogP contribution in [-0.2, 0) is 0 Å². The highest BCUT2D eigenvalue weighted by molar-refractivity contribution is 4.95. The maximum Gasteiger partial charge on any atom is 0.0651 e. The summed E-state index contributed by atoms with van der Waals surface area (Å²) < 4.78 is 0. The monoisotopic (exact) mass is 725 g/mol. The van der Waals surface area contributed by atoms with Crippen molar-refractivity contribution in [2.75, 3.05) is 0 Å². The van der Waals surface area contributed by atoms with Crippen LogP contribution in [0.25, 0.3) is 0 Å². The summed E-state index contributed by atoms with van der Waals surface area (Å²) >= 11 is 0. The fourth-order valence-electron chi connectivity index (χ4n) is 3.75. The van der Waals surface area contributed by atoms with Gasteiger partial charge in [0.25, 0.3) is 0 Å². The summed E-state index contributed by atoms with van der Waals surface area (Å²) in [5, 5.41) is 28.4. The van der Waals surface area contributed by atoms with E-state index in [1.807, 2.05) is 55.4 Å². The minimum absolute atomic E-state index is 0.227. The summed E-state index contributed by atoms with van der Waals surface area (Å²) in [6.07, 6.45) is 20.5. The third-order valence-electron chi connectivity index (χ3n) is 8.78. The van der Waals surface area contributed by atoms with E-state index in [1.165, 1.54) is 25.7 Å². The quantitative estimate of drug-likeness (QED) is 0.131. The van der Waals surface area contributed by atoms with E-state index in [1.54, 1.807) is 0 Å². The Labute approximate surface area is 324 Å². The van der Waals surface area contributed by atoms with Crippen molar-refractivity contribution >= 4 is 0 Å². The molecule has 0 aromatic heterocycles. The van der Waals surface area contributed by atoms with Gasteiger partial charge in [-0.1, -0.05) is 186 Å². The molecule has 3 atom stereocenters. The molecule has 3 N–H and O–H groups in total. The number of hydrogen-bond donors (Lipinski definition) is 3. The molecule has 0 aromatic carbocycles. The SMILES string of the molecule is CC(C)/C=C/[C@@H](C)C(C)(C)O.CC(C)/C=C/[C@H](C)C(C)(C)O.CC(C)/C=C/[C@H](C)C(C)C.CC(C)CCCC(C)(C)O.CC(C)CCCC(C)C. The summed E-state index contributed by atoms with van der Waals surface area (Å²) in [5.74, 6) is 6.34. The lowest BCUT2D eigenvalue weighted by Crippen LogP contribution is -2.26. The molecule has 3 heteroatoms. The predicted octanol–water partition coefficient (Wildman–Crippen LogP) is 14.8.